The van der Waals surface area contributed by atoms with Gasteiger partial charge in [0, 0.05) is 7.05 Å². The van der Waals surface area contributed by atoms with Gasteiger partial charge in [0.2, 0.25) is 0 Å². The predicted molar refractivity (Wildman–Crippen MR) is 75.1 cm³/mol. The molecule has 0 radical (unpaired) electrons. The molecule has 5 heteroatoms. The Kier molecular flexibility index (Phi) is 5.54. The van der Waals surface area contributed by atoms with Gasteiger partial charge in [0.25, 0.3) is 5.91 Å². The third-order valence-electron chi connectivity index (χ3n) is 3.57. The molecule has 2 atom stereocenters. The SMILES string of the molecule is CC[C@H](C)[C@@H](CO)NC(=O)c1cc(C(C)C)nn1C. The van der Waals surface area contributed by atoms with E-state index in [9.17, 15) is 9.90 Å². The van der Waals surface area contributed by atoms with Crippen molar-refractivity contribution in [3.05, 3.63) is 17.5 Å². The zero-order valence-corrected chi connectivity index (χ0v) is 12.5. The summed E-state index contributed by atoms with van der Waals surface area (Å²) >= 11 is 0. The van der Waals surface area contributed by atoms with E-state index in [0.29, 0.717) is 5.69 Å². The number of hydrogen-bond acceptors (Lipinski definition) is 3. The molecule has 108 valence electrons. The number of aryl methyl sites for hydroxylation is 1. The summed E-state index contributed by atoms with van der Waals surface area (Å²) < 4.78 is 1.59. The quantitative estimate of drug-likeness (QED) is 0.824. The van der Waals surface area contributed by atoms with Gasteiger partial charge < -0.3 is 10.4 Å². The molecule has 0 spiro atoms. The lowest BCUT2D eigenvalue weighted by molar-refractivity contribution is 0.0882. The lowest BCUT2D eigenvalue weighted by Crippen LogP contribution is -2.42. The molecular weight excluding hydrogens is 242 g/mol. The van der Waals surface area contributed by atoms with Crippen molar-refractivity contribution in [3.8, 4) is 0 Å². The van der Waals surface area contributed by atoms with Crippen LogP contribution in [-0.2, 0) is 7.05 Å². The minimum atomic E-state index is -0.213. The Morgan fingerprint density at radius 2 is 2.11 bits per heavy atom. The molecule has 0 bridgehead atoms. The first-order valence-electron chi connectivity index (χ1n) is 6.86. The number of rotatable bonds is 6. The molecule has 1 rings (SSSR count). The van der Waals surface area contributed by atoms with Crippen LogP contribution in [0, 0.1) is 5.92 Å². The Morgan fingerprint density at radius 3 is 2.53 bits per heavy atom. The van der Waals surface area contributed by atoms with E-state index in [1.54, 1.807) is 11.7 Å². The van der Waals surface area contributed by atoms with E-state index in [2.05, 4.69) is 10.4 Å². The molecule has 0 unspecified atom stereocenters. The monoisotopic (exact) mass is 267 g/mol. The fraction of sp³-hybridized carbons (Fsp3) is 0.714. The molecule has 0 aliphatic rings. The molecule has 1 aromatic heterocycles. The fourth-order valence-corrected chi connectivity index (χ4v) is 1.88. The summed E-state index contributed by atoms with van der Waals surface area (Å²) in [6, 6.07) is 1.60. The largest absolute Gasteiger partial charge is 0.394 e. The van der Waals surface area contributed by atoms with Crippen LogP contribution in [0.15, 0.2) is 6.07 Å². The molecule has 1 amide bonds. The first-order valence-corrected chi connectivity index (χ1v) is 6.86. The van der Waals surface area contributed by atoms with Crippen molar-refractivity contribution in [2.24, 2.45) is 13.0 Å². The third-order valence-corrected chi connectivity index (χ3v) is 3.57. The van der Waals surface area contributed by atoms with Crippen molar-refractivity contribution in [1.29, 1.82) is 0 Å². The molecular formula is C14H25N3O2. The molecule has 19 heavy (non-hydrogen) atoms. The van der Waals surface area contributed by atoms with Gasteiger partial charge in [-0.2, -0.15) is 5.10 Å². The normalized spacial score (nSPS) is 14.5. The number of carbonyl (C=O) groups excluding carboxylic acids is 1. The first kappa shape index (κ1) is 15.7. The maximum absolute atomic E-state index is 12.2. The van der Waals surface area contributed by atoms with Gasteiger partial charge in [0.15, 0.2) is 0 Å². The van der Waals surface area contributed by atoms with E-state index in [-0.39, 0.29) is 30.4 Å². The number of hydrogen-bond donors (Lipinski definition) is 2. The average molecular weight is 267 g/mol. The highest BCUT2D eigenvalue weighted by atomic mass is 16.3. The smallest absolute Gasteiger partial charge is 0.269 e. The van der Waals surface area contributed by atoms with Crippen LogP contribution in [0.5, 0.6) is 0 Å². The molecule has 0 aliphatic carbocycles. The molecule has 2 N–H and O–H groups in total. The Hall–Kier alpha value is -1.36. The van der Waals surface area contributed by atoms with Gasteiger partial charge in [0.05, 0.1) is 18.3 Å². The van der Waals surface area contributed by atoms with Crippen molar-refractivity contribution in [1.82, 2.24) is 15.1 Å². The fourth-order valence-electron chi connectivity index (χ4n) is 1.88. The molecule has 1 heterocycles. The van der Waals surface area contributed by atoms with Crippen molar-refractivity contribution in [2.75, 3.05) is 6.61 Å². The number of nitrogens with one attached hydrogen (secondary N) is 1. The summed E-state index contributed by atoms with van der Waals surface area (Å²) in [6.45, 7) is 8.10. The minimum absolute atomic E-state index is 0.0460. The number of nitrogens with zero attached hydrogens (tertiary/aromatic N) is 2. The van der Waals surface area contributed by atoms with Crippen LogP contribution in [0.2, 0.25) is 0 Å². The summed E-state index contributed by atoms with van der Waals surface area (Å²) in [4.78, 5) is 12.2. The number of aromatic nitrogens is 2. The molecule has 0 aliphatic heterocycles. The van der Waals surface area contributed by atoms with E-state index >= 15 is 0 Å². The Balaban J connectivity index is 2.82. The van der Waals surface area contributed by atoms with E-state index in [1.807, 2.05) is 33.8 Å². The summed E-state index contributed by atoms with van der Waals surface area (Å²) in [5.74, 6) is 0.351. The highest BCUT2D eigenvalue weighted by Gasteiger charge is 2.21. The lowest BCUT2D eigenvalue weighted by Gasteiger charge is -2.21. The second kappa shape index (κ2) is 6.70. The standard InChI is InChI=1S/C14H25N3O2/c1-6-10(4)12(8-18)15-14(19)13-7-11(9(2)3)16-17(13)5/h7,9-10,12,18H,6,8H2,1-5H3,(H,15,19)/t10-,12+/m0/s1. The van der Waals surface area contributed by atoms with Gasteiger partial charge in [-0.25, -0.2) is 0 Å². The molecule has 1 aromatic rings. The van der Waals surface area contributed by atoms with Gasteiger partial charge >= 0.3 is 0 Å². The second-order valence-electron chi connectivity index (χ2n) is 5.38. The van der Waals surface area contributed by atoms with E-state index < -0.39 is 0 Å². The molecule has 0 saturated heterocycles. The summed E-state index contributed by atoms with van der Waals surface area (Å²) in [6.07, 6.45) is 0.911. The van der Waals surface area contributed by atoms with Crippen LogP contribution in [0.25, 0.3) is 0 Å². The molecule has 0 saturated carbocycles. The highest BCUT2D eigenvalue weighted by Crippen LogP contribution is 2.14. The van der Waals surface area contributed by atoms with E-state index in [0.717, 1.165) is 12.1 Å². The third kappa shape index (κ3) is 3.80. The van der Waals surface area contributed by atoms with E-state index in [1.165, 1.54) is 0 Å². The predicted octanol–water partition coefficient (Wildman–Crippen LogP) is 1.68. The van der Waals surface area contributed by atoms with Crippen LogP contribution in [0.4, 0.5) is 0 Å². The second-order valence-corrected chi connectivity index (χ2v) is 5.38. The van der Waals surface area contributed by atoms with Crippen molar-refractivity contribution in [2.45, 2.75) is 46.1 Å². The number of amides is 1. The zero-order chi connectivity index (χ0) is 14.6. The molecule has 0 aromatic carbocycles. The van der Waals surface area contributed by atoms with Crippen LogP contribution < -0.4 is 5.32 Å². The van der Waals surface area contributed by atoms with Gasteiger partial charge in [-0.1, -0.05) is 34.1 Å². The van der Waals surface area contributed by atoms with Crippen LogP contribution in [0.1, 0.15) is 56.2 Å². The number of carbonyl (C=O) groups is 1. The van der Waals surface area contributed by atoms with Gasteiger partial charge in [-0.05, 0) is 17.9 Å². The summed E-state index contributed by atoms with van der Waals surface area (Å²) in [5.41, 5.74) is 1.43. The zero-order valence-electron chi connectivity index (χ0n) is 12.5. The molecule has 5 nitrogen and oxygen atoms in total. The lowest BCUT2D eigenvalue weighted by atomic mass is 10.00. The summed E-state index contributed by atoms with van der Waals surface area (Å²) in [7, 11) is 1.76. The van der Waals surface area contributed by atoms with Crippen molar-refractivity contribution in [3.63, 3.8) is 0 Å². The van der Waals surface area contributed by atoms with Crippen molar-refractivity contribution >= 4 is 5.91 Å². The molecule has 0 fully saturated rings. The number of aliphatic hydroxyl groups excluding tert-OH is 1. The minimum Gasteiger partial charge on any atom is -0.394 e. The van der Waals surface area contributed by atoms with Gasteiger partial charge in [-0.15, -0.1) is 0 Å². The first-order chi connectivity index (χ1) is 8.90. The van der Waals surface area contributed by atoms with Crippen LogP contribution >= 0.6 is 0 Å². The Morgan fingerprint density at radius 1 is 1.47 bits per heavy atom. The highest BCUT2D eigenvalue weighted by molar-refractivity contribution is 5.92. The topological polar surface area (TPSA) is 67.2 Å². The summed E-state index contributed by atoms with van der Waals surface area (Å²) in [5, 5.41) is 16.5. The maximum Gasteiger partial charge on any atom is 0.269 e. The number of aliphatic hydroxyl groups is 1. The Labute approximate surface area is 115 Å². The van der Waals surface area contributed by atoms with Gasteiger partial charge in [0.1, 0.15) is 5.69 Å². The van der Waals surface area contributed by atoms with Crippen LogP contribution in [0.3, 0.4) is 0 Å². The Bertz CT molecular complexity index is 426. The van der Waals surface area contributed by atoms with Gasteiger partial charge in [-0.3, -0.25) is 9.48 Å². The maximum atomic E-state index is 12.2. The van der Waals surface area contributed by atoms with Crippen molar-refractivity contribution < 1.29 is 9.90 Å². The van der Waals surface area contributed by atoms with Crippen LogP contribution in [-0.4, -0.2) is 33.4 Å². The average Bonchev–Trinajstić information content (AvgIpc) is 2.77. The van der Waals surface area contributed by atoms with E-state index in [4.69, 9.17) is 0 Å².